The van der Waals surface area contributed by atoms with Gasteiger partial charge in [0.2, 0.25) is 0 Å². The van der Waals surface area contributed by atoms with Gasteiger partial charge in [-0.1, -0.05) is 19.1 Å². The lowest BCUT2D eigenvalue weighted by molar-refractivity contribution is 0.372. The molecule has 1 aromatic carbocycles. The highest BCUT2D eigenvalue weighted by Gasteiger charge is 2.14. The maximum absolute atomic E-state index is 12.7. The van der Waals surface area contributed by atoms with E-state index in [-0.39, 0.29) is 5.82 Å². The van der Waals surface area contributed by atoms with Crippen LogP contribution in [-0.4, -0.2) is 13.1 Å². The lowest BCUT2D eigenvalue weighted by Gasteiger charge is -2.20. The van der Waals surface area contributed by atoms with Crippen LogP contribution in [0.2, 0.25) is 0 Å². The molecular formula is C12H19FN2. The fourth-order valence-electron chi connectivity index (χ4n) is 1.72. The molecule has 2 nitrogen and oxygen atoms in total. The van der Waals surface area contributed by atoms with E-state index in [9.17, 15) is 4.39 Å². The Labute approximate surface area is 90.5 Å². The summed E-state index contributed by atoms with van der Waals surface area (Å²) in [5.74, 6) is 0.584. The van der Waals surface area contributed by atoms with Crippen molar-refractivity contribution >= 4 is 0 Å². The molecule has 4 N–H and O–H groups in total. The van der Waals surface area contributed by atoms with Crippen molar-refractivity contribution in [2.45, 2.75) is 13.3 Å². The molecule has 3 heteroatoms. The molecule has 0 aliphatic heterocycles. The molecule has 0 bridgehead atoms. The molecule has 0 radical (unpaired) electrons. The van der Waals surface area contributed by atoms with E-state index in [0.717, 1.165) is 12.0 Å². The van der Waals surface area contributed by atoms with Crippen LogP contribution in [0.4, 0.5) is 4.39 Å². The van der Waals surface area contributed by atoms with Crippen LogP contribution >= 0.6 is 0 Å². The van der Waals surface area contributed by atoms with Crippen molar-refractivity contribution in [2.24, 2.45) is 23.3 Å². The summed E-state index contributed by atoms with van der Waals surface area (Å²) in [6.07, 6.45) is 0.902. The Balaban J connectivity index is 2.57. The van der Waals surface area contributed by atoms with Crippen molar-refractivity contribution in [3.05, 3.63) is 35.6 Å². The van der Waals surface area contributed by atoms with Crippen LogP contribution in [0.5, 0.6) is 0 Å². The van der Waals surface area contributed by atoms with E-state index in [0.29, 0.717) is 24.9 Å². The van der Waals surface area contributed by atoms with Crippen LogP contribution < -0.4 is 11.5 Å². The third kappa shape index (κ3) is 3.61. The smallest absolute Gasteiger partial charge is 0.123 e. The fourth-order valence-corrected chi connectivity index (χ4v) is 1.72. The minimum Gasteiger partial charge on any atom is -0.330 e. The molecule has 1 unspecified atom stereocenters. The van der Waals surface area contributed by atoms with Gasteiger partial charge in [0.25, 0.3) is 0 Å². The average molecular weight is 210 g/mol. The fraction of sp³-hybridized carbons (Fsp3) is 0.500. The molecule has 0 heterocycles. The van der Waals surface area contributed by atoms with Gasteiger partial charge in [-0.15, -0.1) is 0 Å². The molecule has 0 fully saturated rings. The van der Waals surface area contributed by atoms with Crippen molar-refractivity contribution in [3.8, 4) is 0 Å². The Morgan fingerprint density at radius 3 is 2.13 bits per heavy atom. The molecule has 15 heavy (non-hydrogen) atoms. The lowest BCUT2D eigenvalue weighted by atomic mass is 9.88. The third-order valence-corrected chi connectivity index (χ3v) is 2.88. The Bertz CT molecular complexity index is 280. The van der Waals surface area contributed by atoms with E-state index in [2.05, 4.69) is 6.92 Å². The van der Waals surface area contributed by atoms with E-state index in [1.54, 1.807) is 0 Å². The van der Waals surface area contributed by atoms with Crippen LogP contribution in [0.1, 0.15) is 12.5 Å². The maximum Gasteiger partial charge on any atom is 0.123 e. The first kappa shape index (κ1) is 12.1. The molecule has 84 valence electrons. The molecule has 1 atom stereocenters. The number of hydrogen-bond acceptors (Lipinski definition) is 2. The van der Waals surface area contributed by atoms with Crippen LogP contribution in [0.25, 0.3) is 0 Å². The first-order chi connectivity index (χ1) is 7.17. The lowest BCUT2D eigenvalue weighted by Crippen LogP contribution is -2.30. The minimum atomic E-state index is -0.194. The number of hydrogen-bond donors (Lipinski definition) is 2. The Morgan fingerprint density at radius 2 is 1.67 bits per heavy atom. The van der Waals surface area contributed by atoms with Crippen LogP contribution in [0.15, 0.2) is 24.3 Å². The van der Waals surface area contributed by atoms with Gasteiger partial charge in [-0.25, -0.2) is 4.39 Å². The Kier molecular flexibility index (Phi) is 4.72. The highest BCUT2D eigenvalue weighted by molar-refractivity contribution is 5.16. The molecule has 0 aliphatic carbocycles. The van der Waals surface area contributed by atoms with Crippen molar-refractivity contribution < 1.29 is 4.39 Å². The summed E-state index contributed by atoms with van der Waals surface area (Å²) in [5, 5.41) is 0. The van der Waals surface area contributed by atoms with Gasteiger partial charge in [-0.05, 0) is 49.0 Å². The number of rotatable bonds is 5. The van der Waals surface area contributed by atoms with Crippen molar-refractivity contribution in [1.29, 1.82) is 0 Å². The first-order valence-corrected chi connectivity index (χ1v) is 5.32. The molecule has 0 amide bonds. The quantitative estimate of drug-likeness (QED) is 0.774. The van der Waals surface area contributed by atoms with Gasteiger partial charge in [0.15, 0.2) is 0 Å². The topological polar surface area (TPSA) is 52.0 Å². The second-order valence-electron chi connectivity index (χ2n) is 4.04. The van der Waals surface area contributed by atoms with Crippen LogP contribution in [0.3, 0.4) is 0 Å². The molecule has 1 rings (SSSR count). The molecule has 0 spiro atoms. The maximum atomic E-state index is 12.7. The number of benzene rings is 1. The van der Waals surface area contributed by atoms with Gasteiger partial charge < -0.3 is 11.5 Å². The van der Waals surface area contributed by atoms with Crippen LogP contribution in [0, 0.1) is 17.7 Å². The summed E-state index contributed by atoms with van der Waals surface area (Å²) in [6, 6.07) is 6.61. The predicted octanol–water partition coefficient (Wildman–Crippen LogP) is 1.54. The molecule has 0 aromatic heterocycles. The number of nitrogens with two attached hydrogens (primary N) is 2. The van der Waals surface area contributed by atoms with Gasteiger partial charge in [0.05, 0.1) is 0 Å². The second kappa shape index (κ2) is 5.83. The molecular weight excluding hydrogens is 191 g/mol. The number of halogens is 1. The van der Waals surface area contributed by atoms with Gasteiger partial charge in [-0.2, -0.15) is 0 Å². The highest BCUT2D eigenvalue weighted by atomic mass is 19.1. The normalized spacial score (nSPS) is 13.1. The average Bonchev–Trinajstić information content (AvgIpc) is 2.23. The molecule has 0 saturated heterocycles. The van der Waals surface area contributed by atoms with Crippen molar-refractivity contribution in [3.63, 3.8) is 0 Å². The monoisotopic (exact) mass is 210 g/mol. The van der Waals surface area contributed by atoms with Crippen molar-refractivity contribution in [1.82, 2.24) is 0 Å². The van der Waals surface area contributed by atoms with E-state index < -0.39 is 0 Å². The summed E-state index contributed by atoms with van der Waals surface area (Å²) >= 11 is 0. The summed E-state index contributed by atoms with van der Waals surface area (Å²) in [4.78, 5) is 0. The minimum absolute atomic E-state index is 0.194. The predicted molar refractivity (Wildman–Crippen MR) is 60.9 cm³/mol. The van der Waals surface area contributed by atoms with Gasteiger partial charge in [-0.3, -0.25) is 0 Å². The summed E-state index contributed by atoms with van der Waals surface area (Å²) in [7, 11) is 0. The van der Waals surface area contributed by atoms with E-state index >= 15 is 0 Å². The van der Waals surface area contributed by atoms with Crippen LogP contribution in [-0.2, 0) is 6.42 Å². The summed E-state index contributed by atoms with van der Waals surface area (Å²) in [6.45, 7) is 3.35. The largest absolute Gasteiger partial charge is 0.330 e. The standard InChI is InChI=1S/C12H19FN2/c1-9(11(7-14)8-15)6-10-2-4-12(13)5-3-10/h2-5,9,11H,6-8,14-15H2,1H3. The SMILES string of the molecule is CC(Cc1ccc(F)cc1)C(CN)CN. The summed E-state index contributed by atoms with van der Waals surface area (Å²) in [5.41, 5.74) is 12.4. The molecule has 1 aromatic rings. The molecule has 0 saturated carbocycles. The second-order valence-corrected chi connectivity index (χ2v) is 4.04. The van der Waals surface area contributed by atoms with E-state index in [1.807, 2.05) is 12.1 Å². The Morgan fingerprint density at radius 1 is 1.13 bits per heavy atom. The van der Waals surface area contributed by atoms with E-state index in [4.69, 9.17) is 11.5 Å². The summed E-state index contributed by atoms with van der Waals surface area (Å²) < 4.78 is 12.7. The van der Waals surface area contributed by atoms with Crippen molar-refractivity contribution in [2.75, 3.05) is 13.1 Å². The Hall–Kier alpha value is -0.930. The zero-order valence-corrected chi connectivity index (χ0v) is 9.12. The highest BCUT2D eigenvalue weighted by Crippen LogP contribution is 2.16. The van der Waals surface area contributed by atoms with Gasteiger partial charge in [0, 0.05) is 0 Å². The van der Waals surface area contributed by atoms with Gasteiger partial charge >= 0.3 is 0 Å². The molecule has 0 aliphatic rings. The zero-order valence-electron chi connectivity index (χ0n) is 9.12. The first-order valence-electron chi connectivity index (χ1n) is 5.32. The van der Waals surface area contributed by atoms with Gasteiger partial charge in [0.1, 0.15) is 5.82 Å². The van der Waals surface area contributed by atoms with E-state index in [1.165, 1.54) is 12.1 Å². The third-order valence-electron chi connectivity index (χ3n) is 2.88. The zero-order chi connectivity index (χ0) is 11.3.